The van der Waals surface area contributed by atoms with E-state index >= 15 is 0 Å². The second kappa shape index (κ2) is 16.4. The molecule has 7 rings (SSSR count). The average Bonchev–Trinajstić information content (AvgIpc) is 3.20. The molecular formula is C60H72N2. The van der Waals surface area contributed by atoms with Gasteiger partial charge in [-0.05, 0) is 128 Å². The summed E-state index contributed by atoms with van der Waals surface area (Å²) in [5.74, 6) is 0.875. The van der Waals surface area contributed by atoms with Crippen LogP contribution in [0.4, 0.5) is 34.1 Å². The number of hydrogen-bond acceptors (Lipinski definition) is 2. The summed E-state index contributed by atoms with van der Waals surface area (Å²) in [6.07, 6.45) is 0. The minimum Gasteiger partial charge on any atom is -0.309 e. The van der Waals surface area contributed by atoms with Crippen molar-refractivity contribution in [3.63, 3.8) is 0 Å². The smallest absolute Gasteiger partial charge is 0.0620 e. The highest BCUT2D eigenvalue weighted by Gasteiger charge is 2.29. The Morgan fingerprint density at radius 2 is 0.532 bits per heavy atom. The first-order chi connectivity index (χ1) is 28.9. The Labute approximate surface area is 375 Å². The lowest BCUT2D eigenvalue weighted by Crippen LogP contribution is -2.17. The molecule has 0 aliphatic rings. The maximum absolute atomic E-state index is 2.54. The number of fused-ring (bicyclic) bond motifs is 2. The molecule has 0 bridgehead atoms. The molecule has 0 aliphatic carbocycles. The van der Waals surface area contributed by atoms with Crippen molar-refractivity contribution < 1.29 is 0 Å². The standard InChI is InChI=1S/C60H72N2/c1-39(2)41-17-27-47(28-18-41)61(49-31-21-43(22-32-49)57(5,6)7)55-51-35-25-46(60(14,15)16)38-54(51)56(52-36-26-45(37-53(52)55)59(11,12)13)62(48-29-19-42(20-30-48)40(3)4)50-33-23-44(24-34-50)58(8,9)10/h17-40H,1-16H3. The zero-order valence-corrected chi connectivity index (χ0v) is 40.8. The summed E-state index contributed by atoms with van der Waals surface area (Å²) in [5.41, 5.74) is 14.9. The van der Waals surface area contributed by atoms with Crippen molar-refractivity contribution in [2.75, 3.05) is 9.80 Å². The fourth-order valence-corrected chi connectivity index (χ4v) is 8.65. The summed E-state index contributed by atoms with van der Waals surface area (Å²) in [6.45, 7) is 36.9. The molecule has 0 amide bonds. The van der Waals surface area contributed by atoms with E-state index < -0.39 is 0 Å². The van der Waals surface area contributed by atoms with Crippen molar-refractivity contribution in [2.45, 2.75) is 144 Å². The van der Waals surface area contributed by atoms with E-state index in [9.17, 15) is 0 Å². The highest BCUT2D eigenvalue weighted by atomic mass is 15.2. The van der Waals surface area contributed by atoms with Crippen molar-refractivity contribution in [3.8, 4) is 0 Å². The molecule has 0 aromatic heterocycles. The molecule has 0 N–H and O–H groups in total. The Morgan fingerprint density at radius 1 is 0.290 bits per heavy atom. The van der Waals surface area contributed by atoms with Crippen LogP contribution in [0, 0.1) is 0 Å². The summed E-state index contributed by atoms with van der Waals surface area (Å²) >= 11 is 0. The number of hydrogen-bond donors (Lipinski definition) is 0. The van der Waals surface area contributed by atoms with Crippen LogP contribution in [0.2, 0.25) is 0 Å². The van der Waals surface area contributed by atoms with Crippen LogP contribution in [-0.2, 0) is 21.7 Å². The molecule has 62 heavy (non-hydrogen) atoms. The van der Waals surface area contributed by atoms with E-state index in [-0.39, 0.29) is 21.7 Å². The van der Waals surface area contributed by atoms with Gasteiger partial charge in [-0.3, -0.25) is 0 Å². The van der Waals surface area contributed by atoms with Crippen LogP contribution in [0.3, 0.4) is 0 Å². The Morgan fingerprint density at radius 3 is 0.774 bits per heavy atom. The first kappa shape index (κ1) is 44.7. The van der Waals surface area contributed by atoms with Crippen LogP contribution < -0.4 is 9.80 Å². The first-order valence-electron chi connectivity index (χ1n) is 23.0. The van der Waals surface area contributed by atoms with Gasteiger partial charge in [0.1, 0.15) is 0 Å². The third kappa shape index (κ3) is 8.94. The maximum atomic E-state index is 2.54. The molecular weight excluding hydrogens is 749 g/mol. The Bertz CT molecular complexity index is 2480. The second-order valence-corrected chi connectivity index (χ2v) is 22.5. The molecule has 2 nitrogen and oxygen atoms in total. The lowest BCUT2D eigenvalue weighted by atomic mass is 9.82. The molecule has 0 saturated carbocycles. The van der Waals surface area contributed by atoms with Gasteiger partial charge in [-0.1, -0.05) is 184 Å². The van der Waals surface area contributed by atoms with Crippen LogP contribution in [0.1, 0.15) is 156 Å². The normalized spacial score (nSPS) is 12.8. The van der Waals surface area contributed by atoms with E-state index in [0.29, 0.717) is 11.8 Å². The van der Waals surface area contributed by atoms with E-state index in [1.54, 1.807) is 0 Å². The van der Waals surface area contributed by atoms with Crippen molar-refractivity contribution in [2.24, 2.45) is 0 Å². The summed E-state index contributed by atoms with van der Waals surface area (Å²) in [4.78, 5) is 5.07. The van der Waals surface area contributed by atoms with Gasteiger partial charge in [-0.25, -0.2) is 0 Å². The average molecular weight is 821 g/mol. The van der Waals surface area contributed by atoms with Gasteiger partial charge in [0, 0.05) is 44.3 Å². The van der Waals surface area contributed by atoms with E-state index in [2.05, 4.69) is 254 Å². The highest BCUT2D eigenvalue weighted by Crippen LogP contribution is 2.53. The lowest BCUT2D eigenvalue weighted by Gasteiger charge is -2.34. The van der Waals surface area contributed by atoms with Crippen molar-refractivity contribution in [3.05, 3.63) is 167 Å². The monoisotopic (exact) mass is 821 g/mol. The molecule has 2 heteroatoms. The second-order valence-electron chi connectivity index (χ2n) is 22.5. The predicted octanol–water partition coefficient (Wildman–Crippen LogP) is 18.4. The van der Waals surface area contributed by atoms with E-state index in [4.69, 9.17) is 0 Å². The molecule has 0 saturated heterocycles. The van der Waals surface area contributed by atoms with E-state index in [1.165, 1.54) is 66.3 Å². The Kier molecular flexibility index (Phi) is 11.8. The number of rotatable bonds is 8. The van der Waals surface area contributed by atoms with Gasteiger partial charge in [0.25, 0.3) is 0 Å². The molecule has 0 fully saturated rings. The fraction of sp³-hybridized carbons (Fsp3) is 0.367. The Hall–Kier alpha value is -5.34. The number of anilines is 6. The maximum Gasteiger partial charge on any atom is 0.0620 e. The Balaban J connectivity index is 1.68. The summed E-state index contributed by atoms with van der Waals surface area (Å²) in [5, 5.41) is 4.89. The number of nitrogens with zero attached hydrogens (tertiary/aromatic N) is 2. The van der Waals surface area contributed by atoms with E-state index in [0.717, 1.165) is 22.7 Å². The minimum absolute atomic E-state index is 0.0379. The fourth-order valence-electron chi connectivity index (χ4n) is 8.65. The SMILES string of the molecule is CC(C)c1ccc(N(c2ccc(C(C)(C)C)cc2)c2c3ccc(C(C)(C)C)cc3c(N(c3ccc(C(C)C)cc3)c3ccc(C(C)(C)C)cc3)c3ccc(C(C)(C)C)cc23)cc1. The molecule has 0 atom stereocenters. The van der Waals surface area contributed by atoms with Crippen LogP contribution in [-0.4, -0.2) is 0 Å². The van der Waals surface area contributed by atoms with E-state index in [1.807, 2.05) is 0 Å². The van der Waals surface area contributed by atoms with Gasteiger partial charge in [0.05, 0.1) is 11.4 Å². The number of benzene rings is 7. The lowest BCUT2D eigenvalue weighted by molar-refractivity contribution is 0.590. The van der Waals surface area contributed by atoms with Crippen molar-refractivity contribution in [1.29, 1.82) is 0 Å². The molecule has 0 unspecified atom stereocenters. The first-order valence-corrected chi connectivity index (χ1v) is 23.0. The largest absolute Gasteiger partial charge is 0.309 e. The molecule has 0 spiro atoms. The van der Waals surface area contributed by atoms with Gasteiger partial charge in [-0.15, -0.1) is 0 Å². The highest BCUT2D eigenvalue weighted by molar-refractivity contribution is 6.23. The van der Waals surface area contributed by atoms with Gasteiger partial charge < -0.3 is 9.80 Å². The molecule has 7 aromatic rings. The van der Waals surface area contributed by atoms with Crippen LogP contribution in [0.25, 0.3) is 21.5 Å². The predicted molar refractivity (Wildman–Crippen MR) is 274 cm³/mol. The van der Waals surface area contributed by atoms with Crippen LogP contribution in [0.15, 0.2) is 133 Å². The third-order valence-electron chi connectivity index (χ3n) is 12.9. The summed E-state index contributed by atoms with van der Waals surface area (Å²) in [7, 11) is 0. The molecule has 0 aliphatic heterocycles. The van der Waals surface area contributed by atoms with Gasteiger partial charge in [-0.2, -0.15) is 0 Å². The minimum atomic E-state index is -0.0656. The summed E-state index contributed by atoms with van der Waals surface area (Å²) < 4.78 is 0. The van der Waals surface area contributed by atoms with Gasteiger partial charge in [0.2, 0.25) is 0 Å². The molecule has 322 valence electrons. The zero-order valence-electron chi connectivity index (χ0n) is 40.8. The van der Waals surface area contributed by atoms with Crippen molar-refractivity contribution >= 4 is 55.7 Å². The quantitative estimate of drug-likeness (QED) is 0.111. The third-order valence-corrected chi connectivity index (χ3v) is 12.9. The summed E-state index contributed by atoms with van der Waals surface area (Å²) in [6, 6.07) is 51.8. The van der Waals surface area contributed by atoms with Crippen LogP contribution in [0.5, 0.6) is 0 Å². The van der Waals surface area contributed by atoms with Gasteiger partial charge >= 0.3 is 0 Å². The van der Waals surface area contributed by atoms with Crippen molar-refractivity contribution in [1.82, 2.24) is 0 Å². The van der Waals surface area contributed by atoms with Crippen LogP contribution >= 0.6 is 0 Å². The van der Waals surface area contributed by atoms with Gasteiger partial charge in [0.15, 0.2) is 0 Å². The molecule has 0 heterocycles. The molecule has 0 radical (unpaired) electrons. The topological polar surface area (TPSA) is 6.48 Å². The molecule has 7 aromatic carbocycles. The zero-order chi connectivity index (χ0) is 45.1.